The first-order valence-corrected chi connectivity index (χ1v) is 6.12. The first-order chi connectivity index (χ1) is 9.29. The van der Waals surface area contributed by atoms with Crippen molar-refractivity contribution < 1.29 is 0 Å². The summed E-state index contributed by atoms with van der Waals surface area (Å²) in [7, 11) is 0. The van der Waals surface area contributed by atoms with E-state index >= 15 is 0 Å². The summed E-state index contributed by atoms with van der Waals surface area (Å²) < 4.78 is 4.09. The van der Waals surface area contributed by atoms with E-state index < -0.39 is 0 Å². The summed E-state index contributed by atoms with van der Waals surface area (Å²) in [6.07, 6.45) is 2.45. The topological polar surface area (TPSA) is 62.3 Å². The zero-order valence-electron chi connectivity index (χ0n) is 10.4. The number of aryl methyl sites for hydroxylation is 1. The molecule has 0 spiro atoms. The quantitative estimate of drug-likeness (QED) is 0.518. The van der Waals surface area contributed by atoms with Crippen LogP contribution in [-0.4, -0.2) is 19.3 Å². The maximum absolute atomic E-state index is 9.19. The Hall–Kier alpha value is -2.74. The average molecular weight is 249 g/mol. The normalized spacial score (nSPS) is 12.2. The molecule has 3 aromatic rings. The molecule has 4 rings (SSSR count). The Morgan fingerprint density at radius 1 is 1.26 bits per heavy atom. The minimum Gasteiger partial charge on any atom is -0.299 e. The van der Waals surface area contributed by atoms with Gasteiger partial charge in [-0.15, -0.1) is 0 Å². The second-order valence-corrected chi connectivity index (χ2v) is 4.71. The van der Waals surface area contributed by atoms with E-state index in [0.717, 1.165) is 29.2 Å². The van der Waals surface area contributed by atoms with Gasteiger partial charge in [-0.3, -0.25) is 14.3 Å². The van der Waals surface area contributed by atoms with Gasteiger partial charge in [0.05, 0.1) is 28.5 Å². The van der Waals surface area contributed by atoms with Crippen LogP contribution in [0.4, 0.5) is 0 Å². The van der Waals surface area contributed by atoms with E-state index in [0.29, 0.717) is 5.69 Å². The smallest absolute Gasteiger partial charge is 0.162 e. The van der Waals surface area contributed by atoms with Gasteiger partial charge in [0.25, 0.3) is 0 Å². The number of para-hydroxylation sites is 2. The van der Waals surface area contributed by atoms with Crippen molar-refractivity contribution >= 4 is 0 Å². The summed E-state index contributed by atoms with van der Waals surface area (Å²) in [5.41, 5.74) is 5.93. The third-order valence-corrected chi connectivity index (χ3v) is 3.67. The van der Waals surface area contributed by atoms with Gasteiger partial charge in [0.1, 0.15) is 12.4 Å². The number of H-pyrrole nitrogens is 1. The predicted octanol–water partition coefficient (Wildman–Crippen LogP) is 2.08. The minimum atomic E-state index is 0.504. The van der Waals surface area contributed by atoms with Crippen LogP contribution in [0.1, 0.15) is 22.8 Å². The molecular formula is C14H11N5. The monoisotopic (exact) mass is 249 g/mol. The molecule has 0 radical (unpaired) electrons. The molecule has 1 aliphatic heterocycles. The van der Waals surface area contributed by atoms with E-state index in [9.17, 15) is 5.26 Å². The van der Waals surface area contributed by atoms with Crippen molar-refractivity contribution in [2.24, 2.45) is 0 Å². The molecule has 0 saturated heterocycles. The van der Waals surface area contributed by atoms with Crippen LogP contribution in [-0.2, 0) is 6.42 Å². The lowest BCUT2D eigenvalue weighted by Gasteiger charge is -2.20. The van der Waals surface area contributed by atoms with Crippen molar-refractivity contribution in [3.8, 4) is 17.4 Å². The molecule has 0 atom stereocenters. The number of fused-ring (bicyclic) bond motifs is 5. The second kappa shape index (κ2) is 3.39. The molecule has 1 aromatic carbocycles. The standard InChI is InChI=1S/C14H11N5/c1-9-13-6-14-10(7-15)16-8-18(14)11-4-2-3-5-12(11)19(13)17-9/h2-5,8,17H,6H2,1H3. The molecule has 5 nitrogen and oxygen atoms in total. The third kappa shape index (κ3) is 1.20. The van der Waals surface area contributed by atoms with Crippen molar-refractivity contribution in [2.45, 2.75) is 13.3 Å². The summed E-state index contributed by atoms with van der Waals surface area (Å²) in [6.45, 7) is 2.05. The molecule has 3 heterocycles. The number of rotatable bonds is 0. The number of nitriles is 1. The molecule has 1 aliphatic rings. The van der Waals surface area contributed by atoms with Crippen LogP contribution in [0.5, 0.6) is 0 Å². The lowest BCUT2D eigenvalue weighted by atomic mass is 10.1. The molecular weight excluding hydrogens is 238 g/mol. The van der Waals surface area contributed by atoms with Crippen LogP contribution in [0, 0.1) is 18.3 Å². The van der Waals surface area contributed by atoms with Crippen LogP contribution in [0.25, 0.3) is 11.4 Å². The van der Waals surface area contributed by atoms with Gasteiger partial charge < -0.3 is 0 Å². The fourth-order valence-corrected chi connectivity index (χ4v) is 2.69. The van der Waals surface area contributed by atoms with E-state index in [-0.39, 0.29) is 0 Å². The predicted molar refractivity (Wildman–Crippen MR) is 69.5 cm³/mol. The maximum atomic E-state index is 9.19. The van der Waals surface area contributed by atoms with Crippen LogP contribution < -0.4 is 0 Å². The van der Waals surface area contributed by atoms with Crippen LogP contribution in [0.2, 0.25) is 0 Å². The van der Waals surface area contributed by atoms with Crippen molar-refractivity contribution in [3.05, 3.63) is 53.4 Å². The van der Waals surface area contributed by atoms with Gasteiger partial charge in [-0.05, 0) is 19.1 Å². The molecule has 0 amide bonds. The highest BCUT2D eigenvalue weighted by Gasteiger charge is 2.24. The Kier molecular flexibility index (Phi) is 1.82. The van der Waals surface area contributed by atoms with E-state index in [2.05, 4.69) is 26.9 Å². The number of hydrogen-bond donors (Lipinski definition) is 1. The lowest BCUT2D eigenvalue weighted by Crippen LogP contribution is -2.17. The molecule has 1 N–H and O–H groups in total. The highest BCUT2D eigenvalue weighted by Crippen LogP contribution is 2.30. The zero-order chi connectivity index (χ0) is 13.0. The average Bonchev–Trinajstić information content (AvgIpc) is 2.80. The SMILES string of the molecule is Cc1[nH]n2c1Cc1c(C#N)ncn1-c1ccccc1-2. The number of aromatic amines is 1. The van der Waals surface area contributed by atoms with E-state index in [4.69, 9.17) is 0 Å². The summed E-state index contributed by atoms with van der Waals surface area (Å²) in [5, 5.41) is 12.5. The largest absolute Gasteiger partial charge is 0.299 e. The Morgan fingerprint density at radius 3 is 2.79 bits per heavy atom. The van der Waals surface area contributed by atoms with Crippen molar-refractivity contribution in [1.29, 1.82) is 5.26 Å². The van der Waals surface area contributed by atoms with Gasteiger partial charge >= 0.3 is 0 Å². The molecule has 0 saturated carbocycles. The lowest BCUT2D eigenvalue weighted by molar-refractivity contribution is 0.691. The summed E-state index contributed by atoms with van der Waals surface area (Å²) in [6, 6.07) is 10.3. The summed E-state index contributed by atoms with van der Waals surface area (Å²) in [4.78, 5) is 4.21. The molecule has 2 aromatic heterocycles. The van der Waals surface area contributed by atoms with Gasteiger partial charge in [-0.1, -0.05) is 12.1 Å². The first kappa shape index (κ1) is 10.2. The number of imidazole rings is 1. The molecule has 0 aliphatic carbocycles. The summed E-state index contributed by atoms with van der Waals surface area (Å²) >= 11 is 0. The van der Waals surface area contributed by atoms with Crippen LogP contribution in [0.3, 0.4) is 0 Å². The zero-order valence-corrected chi connectivity index (χ0v) is 10.4. The Balaban J connectivity index is 2.10. The van der Waals surface area contributed by atoms with Crippen molar-refractivity contribution in [3.63, 3.8) is 0 Å². The molecule has 0 unspecified atom stereocenters. The number of nitrogens with one attached hydrogen (secondary N) is 1. The molecule has 0 bridgehead atoms. The second-order valence-electron chi connectivity index (χ2n) is 4.71. The van der Waals surface area contributed by atoms with Crippen molar-refractivity contribution in [2.75, 3.05) is 0 Å². The fourth-order valence-electron chi connectivity index (χ4n) is 2.69. The van der Waals surface area contributed by atoms with Gasteiger partial charge in [-0.2, -0.15) is 5.26 Å². The van der Waals surface area contributed by atoms with E-state index in [1.165, 1.54) is 5.69 Å². The molecule has 0 fully saturated rings. The molecule has 19 heavy (non-hydrogen) atoms. The first-order valence-electron chi connectivity index (χ1n) is 6.12. The fraction of sp³-hybridized carbons (Fsp3) is 0.143. The van der Waals surface area contributed by atoms with E-state index in [1.54, 1.807) is 6.33 Å². The number of hydrogen-bond acceptors (Lipinski definition) is 2. The number of nitrogens with zero attached hydrogens (tertiary/aromatic N) is 4. The highest BCUT2D eigenvalue weighted by atomic mass is 15.3. The number of aromatic nitrogens is 4. The Morgan fingerprint density at radius 2 is 2.05 bits per heavy atom. The van der Waals surface area contributed by atoms with Gasteiger partial charge in [0.15, 0.2) is 5.69 Å². The minimum absolute atomic E-state index is 0.504. The highest BCUT2D eigenvalue weighted by molar-refractivity contribution is 5.57. The van der Waals surface area contributed by atoms with Crippen LogP contribution in [0.15, 0.2) is 30.6 Å². The van der Waals surface area contributed by atoms with Gasteiger partial charge in [-0.25, -0.2) is 4.98 Å². The molecule has 5 heteroatoms. The Labute approximate surface area is 109 Å². The van der Waals surface area contributed by atoms with Gasteiger partial charge in [0, 0.05) is 6.42 Å². The maximum Gasteiger partial charge on any atom is 0.162 e. The number of benzene rings is 1. The van der Waals surface area contributed by atoms with Gasteiger partial charge in [0.2, 0.25) is 0 Å². The van der Waals surface area contributed by atoms with E-state index in [1.807, 2.05) is 29.7 Å². The van der Waals surface area contributed by atoms with Crippen molar-refractivity contribution in [1.82, 2.24) is 19.3 Å². The molecule has 92 valence electrons. The third-order valence-electron chi connectivity index (χ3n) is 3.67. The summed E-state index contributed by atoms with van der Waals surface area (Å²) in [5.74, 6) is 0. The Bertz CT molecular complexity index is 825. The van der Waals surface area contributed by atoms with Crippen LogP contribution >= 0.6 is 0 Å².